The van der Waals surface area contributed by atoms with Gasteiger partial charge in [0, 0.05) is 6.54 Å². The standard InChI is InChI=1S/C8H17NO5S/c1-4-8(2,3)7(10)14-6-5-9-15(11,12)13/h9H,4-6H2,1-3H3,(H,11,12,13). The molecule has 0 aromatic carbocycles. The van der Waals surface area contributed by atoms with Crippen LogP contribution in [0.25, 0.3) is 0 Å². The number of ether oxygens (including phenoxy) is 1. The fourth-order valence-electron chi connectivity index (χ4n) is 0.654. The van der Waals surface area contributed by atoms with Gasteiger partial charge in [0.15, 0.2) is 0 Å². The quantitative estimate of drug-likeness (QED) is 0.396. The van der Waals surface area contributed by atoms with Gasteiger partial charge in [-0.3, -0.25) is 9.35 Å². The number of hydrogen-bond acceptors (Lipinski definition) is 4. The second-order valence-electron chi connectivity index (χ2n) is 3.74. The summed E-state index contributed by atoms with van der Waals surface area (Å²) in [4.78, 5) is 11.4. The van der Waals surface area contributed by atoms with E-state index in [1.807, 2.05) is 6.92 Å². The number of carbonyl (C=O) groups is 1. The molecule has 0 saturated heterocycles. The summed E-state index contributed by atoms with van der Waals surface area (Å²) >= 11 is 0. The highest BCUT2D eigenvalue weighted by Crippen LogP contribution is 2.21. The molecule has 2 N–H and O–H groups in total. The monoisotopic (exact) mass is 239 g/mol. The molecule has 90 valence electrons. The molecule has 0 aromatic heterocycles. The van der Waals surface area contributed by atoms with E-state index < -0.39 is 15.7 Å². The average Bonchev–Trinajstić information content (AvgIpc) is 2.10. The summed E-state index contributed by atoms with van der Waals surface area (Å²) in [6.45, 7) is 5.11. The lowest BCUT2D eigenvalue weighted by Crippen LogP contribution is -2.31. The second kappa shape index (κ2) is 5.43. The topological polar surface area (TPSA) is 92.7 Å². The highest BCUT2D eigenvalue weighted by atomic mass is 32.2. The summed E-state index contributed by atoms with van der Waals surface area (Å²) in [5, 5.41) is 0. The Morgan fingerprint density at radius 2 is 2.00 bits per heavy atom. The summed E-state index contributed by atoms with van der Waals surface area (Å²) in [5.74, 6) is -0.387. The van der Waals surface area contributed by atoms with Crippen LogP contribution in [-0.2, 0) is 19.8 Å². The molecular weight excluding hydrogens is 222 g/mol. The summed E-state index contributed by atoms with van der Waals surface area (Å²) in [6.07, 6.45) is 0.636. The molecule has 0 aliphatic rings. The van der Waals surface area contributed by atoms with Crippen molar-refractivity contribution in [3.8, 4) is 0 Å². The van der Waals surface area contributed by atoms with Gasteiger partial charge in [0.2, 0.25) is 0 Å². The van der Waals surface area contributed by atoms with Gasteiger partial charge in [0.1, 0.15) is 6.61 Å². The van der Waals surface area contributed by atoms with E-state index in [0.29, 0.717) is 6.42 Å². The van der Waals surface area contributed by atoms with Crippen LogP contribution >= 0.6 is 0 Å². The number of hydrogen-bond donors (Lipinski definition) is 2. The molecule has 0 fully saturated rings. The van der Waals surface area contributed by atoms with Crippen molar-refractivity contribution in [2.24, 2.45) is 5.41 Å². The van der Waals surface area contributed by atoms with Crippen LogP contribution in [0.2, 0.25) is 0 Å². The predicted octanol–water partition coefficient (Wildman–Crippen LogP) is 0.358. The van der Waals surface area contributed by atoms with Gasteiger partial charge in [0.05, 0.1) is 5.41 Å². The van der Waals surface area contributed by atoms with Crippen LogP contribution < -0.4 is 4.72 Å². The van der Waals surface area contributed by atoms with Crippen LogP contribution in [0.15, 0.2) is 0 Å². The van der Waals surface area contributed by atoms with E-state index in [-0.39, 0.29) is 19.1 Å². The predicted molar refractivity (Wildman–Crippen MR) is 54.6 cm³/mol. The molecule has 7 heteroatoms. The second-order valence-corrected chi connectivity index (χ2v) is 4.98. The maximum absolute atomic E-state index is 11.4. The third kappa shape index (κ3) is 6.43. The highest BCUT2D eigenvalue weighted by molar-refractivity contribution is 7.83. The Hall–Kier alpha value is -0.660. The summed E-state index contributed by atoms with van der Waals surface area (Å²) < 4.78 is 35.4. The molecule has 0 aliphatic heterocycles. The van der Waals surface area contributed by atoms with Crippen molar-refractivity contribution < 1.29 is 22.5 Å². The Bertz CT molecular complexity index is 309. The Kier molecular flexibility index (Phi) is 5.19. The first kappa shape index (κ1) is 14.3. The van der Waals surface area contributed by atoms with Crippen molar-refractivity contribution >= 4 is 16.3 Å². The minimum absolute atomic E-state index is 0.0952. The van der Waals surface area contributed by atoms with Gasteiger partial charge in [-0.1, -0.05) is 6.92 Å². The third-order valence-corrected chi connectivity index (χ3v) is 2.63. The van der Waals surface area contributed by atoms with Gasteiger partial charge >= 0.3 is 16.3 Å². The Morgan fingerprint density at radius 1 is 1.47 bits per heavy atom. The maximum atomic E-state index is 11.4. The summed E-state index contributed by atoms with van der Waals surface area (Å²) in [7, 11) is -4.20. The molecular formula is C8H17NO5S. The van der Waals surface area contributed by atoms with Crippen molar-refractivity contribution in [2.75, 3.05) is 13.2 Å². The third-order valence-electron chi connectivity index (χ3n) is 2.06. The van der Waals surface area contributed by atoms with E-state index in [1.54, 1.807) is 18.6 Å². The van der Waals surface area contributed by atoms with Crippen LogP contribution in [0.3, 0.4) is 0 Å². The number of carbonyl (C=O) groups excluding carboxylic acids is 1. The van der Waals surface area contributed by atoms with E-state index in [1.165, 1.54) is 0 Å². The van der Waals surface area contributed by atoms with Crippen LogP contribution in [-0.4, -0.2) is 32.1 Å². The van der Waals surface area contributed by atoms with Gasteiger partial charge in [0.25, 0.3) is 0 Å². The zero-order chi connectivity index (χ0) is 12.1. The molecule has 0 amide bonds. The molecule has 0 radical (unpaired) electrons. The molecule has 15 heavy (non-hydrogen) atoms. The lowest BCUT2D eigenvalue weighted by molar-refractivity contribution is -0.153. The Morgan fingerprint density at radius 3 is 2.40 bits per heavy atom. The zero-order valence-electron chi connectivity index (χ0n) is 9.11. The summed E-state index contributed by atoms with van der Waals surface area (Å²) in [5.41, 5.74) is -0.571. The van der Waals surface area contributed by atoms with Crippen molar-refractivity contribution in [3.63, 3.8) is 0 Å². The minimum Gasteiger partial charge on any atom is -0.464 e. The average molecular weight is 239 g/mol. The van der Waals surface area contributed by atoms with E-state index >= 15 is 0 Å². The molecule has 0 spiro atoms. The molecule has 0 bridgehead atoms. The molecule has 0 unspecified atom stereocenters. The zero-order valence-corrected chi connectivity index (χ0v) is 9.93. The van der Waals surface area contributed by atoms with Crippen molar-refractivity contribution in [3.05, 3.63) is 0 Å². The summed E-state index contributed by atoms with van der Waals surface area (Å²) in [6, 6.07) is 0. The highest BCUT2D eigenvalue weighted by Gasteiger charge is 2.26. The molecule has 0 atom stereocenters. The largest absolute Gasteiger partial charge is 0.464 e. The van der Waals surface area contributed by atoms with Gasteiger partial charge < -0.3 is 4.74 Å². The fourth-order valence-corrected chi connectivity index (χ4v) is 0.995. The first-order valence-corrected chi connectivity index (χ1v) is 6.02. The van der Waals surface area contributed by atoms with Crippen molar-refractivity contribution in [2.45, 2.75) is 27.2 Å². The van der Waals surface area contributed by atoms with Gasteiger partial charge in [-0.2, -0.15) is 13.1 Å². The first-order valence-electron chi connectivity index (χ1n) is 4.58. The van der Waals surface area contributed by atoms with Crippen LogP contribution in [0, 0.1) is 5.41 Å². The number of rotatable bonds is 6. The molecule has 0 aromatic rings. The van der Waals surface area contributed by atoms with E-state index in [9.17, 15) is 13.2 Å². The Balaban J connectivity index is 3.84. The van der Waals surface area contributed by atoms with Gasteiger partial charge in [-0.25, -0.2) is 0 Å². The molecule has 0 rings (SSSR count). The van der Waals surface area contributed by atoms with Gasteiger partial charge in [-0.05, 0) is 20.3 Å². The van der Waals surface area contributed by atoms with Gasteiger partial charge in [-0.15, -0.1) is 0 Å². The lowest BCUT2D eigenvalue weighted by atomic mass is 9.91. The normalized spacial score (nSPS) is 12.5. The van der Waals surface area contributed by atoms with E-state index in [0.717, 1.165) is 0 Å². The lowest BCUT2D eigenvalue weighted by Gasteiger charge is -2.20. The Labute approximate surface area is 89.9 Å². The van der Waals surface area contributed by atoms with Crippen molar-refractivity contribution in [1.29, 1.82) is 0 Å². The minimum atomic E-state index is -4.20. The maximum Gasteiger partial charge on any atom is 0.333 e. The number of esters is 1. The first-order chi connectivity index (χ1) is 6.69. The fraction of sp³-hybridized carbons (Fsp3) is 0.875. The number of nitrogens with one attached hydrogen (secondary N) is 1. The molecule has 0 saturated carbocycles. The smallest absolute Gasteiger partial charge is 0.333 e. The van der Waals surface area contributed by atoms with Crippen LogP contribution in [0.1, 0.15) is 27.2 Å². The van der Waals surface area contributed by atoms with Crippen LogP contribution in [0.5, 0.6) is 0 Å². The van der Waals surface area contributed by atoms with E-state index in [4.69, 9.17) is 9.29 Å². The van der Waals surface area contributed by atoms with E-state index in [2.05, 4.69) is 0 Å². The van der Waals surface area contributed by atoms with Crippen molar-refractivity contribution in [1.82, 2.24) is 4.72 Å². The molecule has 0 heterocycles. The van der Waals surface area contributed by atoms with Crippen LogP contribution in [0.4, 0.5) is 0 Å². The SMILES string of the molecule is CCC(C)(C)C(=O)OCCNS(=O)(=O)O. The molecule has 0 aliphatic carbocycles. The molecule has 6 nitrogen and oxygen atoms in total.